The van der Waals surface area contributed by atoms with Gasteiger partial charge in [-0.1, -0.05) is 36.8 Å². The summed E-state index contributed by atoms with van der Waals surface area (Å²) in [5.74, 6) is 0.771. The van der Waals surface area contributed by atoms with Gasteiger partial charge in [-0.15, -0.1) is 24.8 Å². The Kier molecular flexibility index (Phi) is 9.80. The van der Waals surface area contributed by atoms with Crippen LogP contribution in [0.2, 0.25) is 0 Å². The lowest BCUT2D eigenvalue weighted by Gasteiger charge is -2.34. The average molecular weight is 388 g/mol. The predicted octanol–water partition coefficient (Wildman–Crippen LogP) is 2.99. The highest BCUT2D eigenvalue weighted by atomic mass is 35.5. The first kappa shape index (κ1) is 22.2. The van der Waals surface area contributed by atoms with Crippen molar-refractivity contribution in [1.82, 2.24) is 10.2 Å². The van der Waals surface area contributed by atoms with E-state index in [0.717, 1.165) is 51.7 Å². The monoisotopic (exact) mass is 387 g/mol. The zero-order chi connectivity index (χ0) is 16.1. The number of carbonyl (C=O) groups excluding carboxylic acids is 1. The van der Waals surface area contributed by atoms with Crippen LogP contribution in [0, 0.1) is 11.8 Å². The SMILES string of the molecule is Cl.Cl.NC[C@H]1CCC[C@H]1C(=O)NC1CCCN(Cc2ccccc2)C1. The summed E-state index contributed by atoms with van der Waals surface area (Å²) in [6.45, 7) is 3.70. The molecule has 1 amide bonds. The van der Waals surface area contributed by atoms with E-state index >= 15 is 0 Å². The lowest BCUT2D eigenvalue weighted by Crippen LogP contribution is -2.49. The van der Waals surface area contributed by atoms with Crippen molar-refractivity contribution >= 4 is 30.7 Å². The zero-order valence-corrected chi connectivity index (χ0v) is 16.4. The molecule has 0 aromatic heterocycles. The molecule has 1 aliphatic heterocycles. The third-order valence-electron chi connectivity index (χ3n) is 5.40. The Morgan fingerprint density at radius 1 is 1.12 bits per heavy atom. The third kappa shape index (κ3) is 6.14. The highest BCUT2D eigenvalue weighted by molar-refractivity contribution is 5.85. The van der Waals surface area contributed by atoms with E-state index in [1.165, 1.54) is 5.56 Å². The first-order valence-corrected chi connectivity index (χ1v) is 9.03. The standard InChI is InChI=1S/C19H29N3O.2ClH/c20-12-16-8-4-10-18(16)19(23)21-17-9-5-11-22(14-17)13-15-6-2-1-3-7-15;;/h1-3,6-7,16-18H,4-5,8-14,20H2,(H,21,23);2*1H/t16-,17?,18-;;/m1../s1. The number of nitrogens with two attached hydrogens (primary N) is 1. The first-order valence-electron chi connectivity index (χ1n) is 9.03. The minimum atomic E-state index is 0. The van der Waals surface area contributed by atoms with Gasteiger partial charge < -0.3 is 11.1 Å². The second-order valence-corrected chi connectivity index (χ2v) is 7.10. The van der Waals surface area contributed by atoms with Gasteiger partial charge in [-0.3, -0.25) is 9.69 Å². The molecule has 1 aromatic carbocycles. The summed E-state index contributed by atoms with van der Waals surface area (Å²) in [5.41, 5.74) is 7.16. The van der Waals surface area contributed by atoms with Crippen molar-refractivity contribution in [2.45, 2.75) is 44.7 Å². The van der Waals surface area contributed by atoms with Crippen molar-refractivity contribution in [2.24, 2.45) is 17.6 Å². The number of benzene rings is 1. The summed E-state index contributed by atoms with van der Waals surface area (Å²) in [7, 11) is 0. The Hall–Kier alpha value is -0.810. The molecule has 1 unspecified atom stereocenters. The van der Waals surface area contributed by atoms with E-state index in [9.17, 15) is 4.79 Å². The number of piperidine rings is 1. The number of nitrogens with one attached hydrogen (secondary N) is 1. The van der Waals surface area contributed by atoms with E-state index in [-0.39, 0.29) is 36.6 Å². The van der Waals surface area contributed by atoms with Gasteiger partial charge in [0, 0.05) is 25.0 Å². The maximum atomic E-state index is 12.6. The van der Waals surface area contributed by atoms with Gasteiger partial charge in [-0.05, 0) is 50.3 Å². The van der Waals surface area contributed by atoms with E-state index in [4.69, 9.17) is 5.73 Å². The summed E-state index contributed by atoms with van der Waals surface area (Å²) >= 11 is 0. The molecule has 0 bridgehead atoms. The molecule has 2 aliphatic rings. The lowest BCUT2D eigenvalue weighted by atomic mass is 9.94. The van der Waals surface area contributed by atoms with Crippen LogP contribution in [0.5, 0.6) is 0 Å². The Morgan fingerprint density at radius 2 is 1.88 bits per heavy atom. The summed E-state index contributed by atoms with van der Waals surface area (Å²) in [4.78, 5) is 15.0. The number of rotatable bonds is 5. The number of amides is 1. The molecule has 1 saturated heterocycles. The molecule has 1 heterocycles. The number of hydrogen-bond acceptors (Lipinski definition) is 3. The molecule has 6 heteroatoms. The highest BCUT2D eigenvalue weighted by Gasteiger charge is 2.33. The van der Waals surface area contributed by atoms with Gasteiger partial charge in [0.1, 0.15) is 0 Å². The van der Waals surface area contributed by atoms with Crippen molar-refractivity contribution in [1.29, 1.82) is 0 Å². The van der Waals surface area contributed by atoms with Gasteiger partial charge in [-0.25, -0.2) is 0 Å². The van der Waals surface area contributed by atoms with E-state index in [0.29, 0.717) is 18.5 Å². The fraction of sp³-hybridized carbons (Fsp3) is 0.632. The maximum Gasteiger partial charge on any atom is 0.223 e. The smallest absolute Gasteiger partial charge is 0.223 e. The summed E-state index contributed by atoms with van der Waals surface area (Å²) in [6, 6.07) is 10.9. The van der Waals surface area contributed by atoms with Crippen molar-refractivity contribution < 1.29 is 4.79 Å². The lowest BCUT2D eigenvalue weighted by molar-refractivity contribution is -0.127. The van der Waals surface area contributed by atoms with E-state index in [1.807, 2.05) is 0 Å². The Morgan fingerprint density at radius 3 is 2.60 bits per heavy atom. The van der Waals surface area contributed by atoms with Crippen molar-refractivity contribution in [3.63, 3.8) is 0 Å². The van der Waals surface area contributed by atoms with Crippen LogP contribution in [0.1, 0.15) is 37.7 Å². The van der Waals surface area contributed by atoms with Crippen molar-refractivity contribution in [3.05, 3.63) is 35.9 Å². The topological polar surface area (TPSA) is 58.4 Å². The molecule has 0 spiro atoms. The number of halogens is 2. The highest BCUT2D eigenvalue weighted by Crippen LogP contribution is 2.31. The molecule has 1 saturated carbocycles. The van der Waals surface area contributed by atoms with Crippen LogP contribution in [0.4, 0.5) is 0 Å². The molecular weight excluding hydrogens is 357 g/mol. The van der Waals surface area contributed by atoms with Gasteiger partial charge >= 0.3 is 0 Å². The number of likely N-dealkylation sites (tertiary alicyclic amines) is 1. The summed E-state index contributed by atoms with van der Waals surface area (Å²) in [6.07, 6.45) is 5.51. The Balaban J connectivity index is 0.00000156. The molecule has 2 fully saturated rings. The van der Waals surface area contributed by atoms with Crippen LogP contribution in [0.3, 0.4) is 0 Å². The van der Waals surface area contributed by atoms with Gasteiger partial charge in [0.05, 0.1) is 0 Å². The van der Waals surface area contributed by atoms with Crippen LogP contribution in [-0.2, 0) is 11.3 Å². The van der Waals surface area contributed by atoms with Gasteiger partial charge in [0.25, 0.3) is 0 Å². The van der Waals surface area contributed by atoms with Crippen molar-refractivity contribution in [3.8, 4) is 0 Å². The molecule has 142 valence electrons. The third-order valence-corrected chi connectivity index (χ3v) is 5.40. The predicted molar refractivity (Wildman–Crippen MR) is 107 cm³/mol. The van der Waals surface area contributed by atoms with Crippen LogP contribution in [0.25, 0.3) is 0 Å². The minimum absolute atomic E-state index is 0. The van der Waals surface area contributed by atoms with Gasteiger partial charge in [0.2, 0.25) is 5.91 Å². The normalized spacial score (nSPS) is 26.4. The molecule has 3 rings (SSSR count). The average Bonchev–Trinajstić information content (AvgIpc) is 3.05. The fourth-order valence-corrected chi connectivity index (χ4v) is 4.13. The van der Waals surface area contributed by atoms with E-state index in [1.54, 1.807) is 0 Å². The fourth-order valence-electron chi connectivity index (χ4n) is 4.13. The Labute approximate surface area is 163 Å². The number of carbonyl (C=O) groups is 1. The van der Waals surface area contributed by atoms with Crippen LogP contribution in [-0.4, -0.2) is 36.5 Å². The molecule has 1 aliphatic carbocycles. The second kappa shape index (κ2) is 11.0. The van der Waals surface area contributed by atoms with Gasteiger partial charge in [-0.2, -0.15) is 0 Å². The molecular formula is C19H31Cl2N3O. The zero-order valence-electron chi connectivity index (χ0n) is 14.7. The van der Waals surface area contributed by atoms with Crippen molar-refractivity contribution in [2.75, 3.05) is 19.6 Å². The second-order valence-electron chi connectivity index (χ2n) is 7.10. The molecule has 3 atom stereocenters. The molecule has 4 nitrogen and oxygen atoms in total. The quantitative estimate of drug-likeness (QED) is 0.816. The van der Waals surface area contributed by atoms with Gasteiger partial charge in [0.15, 0.2) is 0 Å². The van der Waals surface area contributed by atoms with Crippen LogP contribution >= 0.6 is 24.8 Å². The molecule has 1 aromatic rings. The molecule has 25 heavy (non-hydrogen) atoms. The van der Waals surface area contributed by atoms with E-state index < -0.39 is 0 Å². The maximum absolute atomic E-state index is 12.6. The summed E-state index contributed by atoms with van der Waals surface area (Å²) in [5, 5.41) is 3.30. The summed E-state index contributed by atoms with van der Waals surface area (Å²) < 4.78 is 0. The number of hydrogen-bond donors (Lipinski definition) is 2. The molecule has 3 N–H and O–H groups in total. The molecule has 0 radical (unpaired) electrons. The first-order chi connectivity index (χ1) is 11.3. The van der Waals surface area contributed by atoms with Crippen LogP contribution in [0.15, 0.2) is 30.3 Å². The van der Waals surface area contributed by atoms with Crippen LogP contribution < -0.4 is 11.1 Å². The largest absolute Gasteiger partial charge is 0.352 e. The Bertz CT molecular complexity index is 515. The van der Waals surface area contributed by atoms with E-state index in [2.05, 4.69) is 40.5 Å². The minimum Gasteiger partial charge on any atom is -0.352 e. The number of nitrogens with zero attached hydrogens (tertiary/aromatic N) is 1.